The topological polar surface area (TPSA) is 65.0 Å². The van der Waals surface area contributed by atoms with Gasteiger partial charge in [-0.25, -0.2) is 4.39 Å². The van der Waals surface area contributed by atoms with Crippen LogP contribution in [0.2, 0.25) is 0 Å². The Morgan fingerprint density at radius 3 is 2.57 bits per heavy atom. The summed E-state index contributed by atoms with van der Waals surface area (Å²) in [5.74, 6) is 1.32. The van der Waals surface area contributed by atoms with Gasteiger partial charge < -0.3 is 19.3 Å². The lowest BCUT2D eigenvalue weighted by atomic mass is 10.0. The van der Waals surface area contributed by atoms with Crippen LogP contribution in [0.4, 0.5) is 4.39 Å². The molecule has 35 heavy (non-hydrogen) atoms. The molecule has 0 bridgehead atoms. The number of aryl methyl sites for hydroxylation is 2. The molecule has 1 N–H and O–H groups in total. The molecular weight excluding hydrogens is 447 g/mol. The maximum Gasteiger partial charge on any atom is 0.303 e. The van der Waals surface area contributed by atoms with Gasteiger partial charge in [0, 0.05) is 18.4 Å². The smallest absolute Gasteiger partial charge is 0.303 e. The van der Waals surface area contributed by atoms with Crippen molar-refractivity contribution in [2.75, 3.05) is 13.7 Å². The Kier molecular flexibility index (Phi) is 9.53. The van der Waals surface area contributed by atoms with Crippen LogP contribution >= 0.6 is 0 Å². The van der Waals surface area contributed by atoms with E-state index in [4.69, 9.17) is 19.3 Å². The average Bonchev–Trinajstić information content (AvgIpc) is 2.87. The molecule has 1 atom stereocenters. The zero-order chi connectivity index (χ0) is 25.2. The number of aliphatic carboxylic acids is 1. The molecule has 0 aliphatic rings. The van der Waals surface area contributed by atoms with Gasteiger partial charge >= 0.3 is 5.97 Å². The number of hydrogen-bond donors (Lipinski definition) is 1. The number of carboxylic acid groups (broad SMARTS) is 1. The molecule has 0 radical (unpaired) electrons. The van der Waals surface area contributed by atoms with Crippen molar-refractivity contribution in [3.8, 4) is 28.4 Å². The van der Waals surface area contributed by atoms with Crippen LogP contribution in [0.3, 0.4) is 0 Å². The van der Waals surface area contributed by atoms with Crippen LogP contribution in [0.15, 0.2) is 60.7 Å². The molecule has 0 saturated heterocycles. The number of rotatable bonds is 13. The fourth-order valence-electron chi connectivity index (χ4n) is 3.90. The quantitative estimate of drug-likeness (QED) is 0.297. The molecule has 1 unspecified atom stereocenters. The van der Waals surface area contributed by atoms with Crippen LogP contribution in [0, 0.1) is 0 Å². The molecule has 0 heterocycles. The summed E-state index contributed by atoms with van der Waals surface area (Å²) in [4.78, 5) is 10.9. The van der Waals surface area contributed by atoms with E-state index < -0.39 is 12.6 Å². The minimum absolute atomic E-state index is 0.114. The molecule has 6 heteroatoms. The first-order valence-electron chi connectivity index (χ1n) is 11.9. The second-order valence-corrected chi connectivity index (χ2v) is 8.44. The van der Waals surface area contributed by atoms with Crippen LogP contribution in [0.5, 0.6) is 17.2 Å². The first-order chi connectivity index (χ1) is 16.9. The van der Waals surface area contributed by atoms with Gasteiger partial charge in [-0.3, -0.25) is 4.79 Å². The Bertz CT molecular complexity index is 1130. The fourth-order valence-corrected chi connectivity index (χ4v) is 3.90. The van der Waals surface area contributed by atoms with Gasteiger partial charge in [-0.1, -0.05) is 37.3 Å². The normalized spacial score (nSPS) is 11.7. The first-order valence-corrected chi connectivity index (χ1v) is 11.9. The first kappa shape index (κ1) is 26.1. The SMILES string of the molecule is CCc1cc(OCCC(C)Oc2cc(CF)ccc2-c2cccc(OC)c2)ccc1CCC(=O)O. The van der Waals surface area contributed by atoms with Crippen LogP contribution in [0.25, 0.3) is 11.1 Å². The van der Waals surface area contributed by atoms with Gasteiger partial charge in [0.2, 0.25) is 0 Å². The van der Waals surface area contributed by atoms with Crippen molar-refractivity contribution < 1.29 is 28.5 Å². The second-order valence-electron chi connectivity index (χ2n) is 8.44. The molecule has 0 fully saturated rings. The lowest BCUT2D eigenvalue weighted by Crippen LogP contribution is -2.16. The Hall–Kier alpha value is -3.54. The molecular formula is C29H33FO5. The van der Waals surface area contributed by atoms with Crippen LogP contribution in [-0.4, -0.2) is 30.9 Å². The van der Waals surface area contributed by atoms with Crippen molar-refractivity contribution in [3.63, 3.8) is 0 Å². The summed E-state index contributed by atoms with van der Waals surface area (Å²) in [6.45, 7) is 3.91. The van der Waals surface area contributed by atoms with E-state index in [1.54, 1.807) is 19.2 Å². The third kappa shape index (κ3) is 7.47. The van der Waals surface area contributed by atoms with Gasteiger partial charge in [0.1, 0.15) is 23.9 Å². The minimum atomic E-state index is -0.798. The van der Waals surface area contributed by atoms with E-state index in [-0.39, 0.29) is 12.5 Å². The van der Waals surface area contributed by atoms with E-state index in [2.05, 4.69) is 0 Å². The number of hydrogen-bond acceptors (Lipinski definition) is 4. The molecule has 0 spiro atoms. The summed E-state index contributed by atoms with van der Waals surface area (Å²) in [7, 11) is 1.62. The number of carbonyl (C=O) groups is 1. The van der Waals surface area contributed by atoms with Crippen molar-refractivity contribution in [1.82, 2.24) is 0 Å². The Morgan fingerprint density at radius 2 is 1.86 bits per heavy atom. The number of halogens is 1. The summed E-state index contributed by atoms with van der Waals surface area (Å²) < 4.78 is 30.9. The van der Waals surface area contributed by atoms with E-state index >= 15 is 0 Å². The zero-order valence-corrected chi connectivity index (χ0v) is 20.6. The summed E-state index contributed by atoms with van der Waals surface area (Å²) in [6.07, 6.45) is 1.92. The predicted molar refractivity (Wildman–Crippen MR) is 135 cm³/mol. The van der Waals surface area contributed by atoms with Crippen molar-refractivity contribution in [2.24, 2.45) is 0 Å². The molecule has 0 aliphatic carbocycles. The highest BCUT2D eigenvalue weighted by Gasteiger charge is 2.13. The number of ether oxygens (including phenoxy) is 3. The number of benzene rings is 3. The highest BCUT2D eigenvalue weighted by Crippen LogP contribution is 2.34. The standard InChI is InChI=1S/C29H33FO5/c1-4-22-17-26(11-9-23(22)10-13-29(31)32)34-15-14-20(2)35-28-16-21(19-30)8-12-27(28)24-6-5-7-25(18-24)33-3/h5-9,11-12,16-18,20H,4,10,13-15,19H2,1-3H3,(H,31,32). The monoisotopic (exact) mass is 480 g/mol. The van der Waals surface area contributed by atoms with Gasteiger partial charge in [-0.05, 0) is 72.4 Å². The maximum atomic E-state index is 13.3. The summed E-state index contributed by atoms with van der Waals surface area (Å²) in [5.41, 5.74) is 4.50. The molecule has 0 amide bonds. The molecule has 5 nitrogen and oxygen atoms in total. The molecule has 3 aromatic rings. The number of methoxy groups -OCH3 is 1. The van der Waals surface area contributed by atoms with Gasteiger partial charge in [-0.2, -0.15) is 0 Å². The predicted octanol–water partition coefficient (Wildman–Crippen LogP) is 6.65. The fraction of sp³-hybridized carbons (Fsp3) is 0.345. The molecule has 0 aliphatic heterocycles. The van der Waals surface area contributed by atoms with E-state index in [1.807, 2.05) is 62.4 Å². The van der Waals surface area contributed by atoms with Crippen molar-refractivity contribution >= 4 is 5.97 Å². The molecule has 3 aromatic carbocycles. The van der Waals surface area contributed by atoms with E-state index in [0.29, 0.717) is 30.8 Å². The van der Waals surface area contributed by atoms with Crippen molar-refractivity contribution in [3.05, 3.63) is 77.4 Å². The molecule has 0 saturated carbocycles. The lowest BCUT2D eigenvalue weighted by molar-refractivity contribution is -0.136. The lowest BCUT2D eigenvalue weighted by Gasteiger charge is -2.19. The zero-order valence-electron chi connectivity index (χ0n) is 20.6. The number of carboxylic acids is 1. The number of alkyl halides is 1. The van der Waals surface area contributed by atoms with Gasteiger partial charge in [0.05, 0.1) is 19.8 Å². The highest BCUT2D eigenvalue weighted by molar-refractivity contribution is 5.72. The Morgan fingerprint density at radius 1 is 1.03 bits per heavy atom. The van der Waals surface area contributed by atoms with Gasteiger partial charge in [0.25, 0.3) is 0 Å². The minimum Gasteiger partial charge on any atom is -0.497 e. The highest BCUT2D eigenvalue weighted by atomic mass is 19.1. The van der Waals surface area contributed by atoms with E-state index in [0.717, 1.165) is 40.2 Å². The van der Waals surface area contributed by atoms with Crippen molar-refractivity contribution in [2.45, 2.75) is 52.3 Å². The van der Waals surface area contributed by atoms with Crippen LogP contribution in [-0.2, 0) is 24.3 Å². The summed E-state index contributed by atoms with van der Waals surface area (Å²) in [6, 6.07) is 18.9. The van der Waals surface area contributed by atoms with Crippen LogP contribution < -0.4 is 14.2 Å². The van der Waals surface area contributed by atoms with Gasteiger partial charge in [0.15, 0.2) is 0 Å². The van der Waals surface area contributed by atoms with E-state index in [1.165, 1.54) is 0 Å². The van der Waals surface area contributed by atoms with Gasteiger partial charge in [-0.15, -0.1) is 0 Å². The molecule has 3 rings (SSSR count). The van der Waals surface area contributed by atoms with Crippen molar-refractivity contribution in [1.29, 1.82) is 0 Å². The second kappa shape index (κ2) is 12.8. The summed E-state index contributed by atoms with van der Waals surface area (Å²) in [5, 5.41) is 8.94. The average molecular weight is 481 g/mol. The Balaban J connectivity index is 1.64. The largest absolute Gasteiger partial charge is 0.497 e. The maximum absolute atomic E-state index is 13.3. The third-order valence-corrected chi connectivity index (χ3v) is 5.87. The third-order valence-electron chi connectivity index (χ3n) is 5.87. The summed E-state index contributed by atoms with van der Waals surface area (Å²) >= 11 is 0. The Labute approximate surface area is 206 Å². The molecule has 0 aromatic heterocycles. The van der Waals surface area contributed by atoms with E-state index in [9.17, 15) is 9.18 Å². The van der Waals surface area contributed by atoms with Crippen LogP contribution in [0.1, 0.15) is 43.4 Å². The molecule has 186 valence electrons.